The lowest BCUT2D eigenvalue weighted by Crippen LogP contribution is -3.69. The third kappa shape index (κ3) is 1.57. The van der Waals surface area contributed by atoms with Gasteiger partial charge in [-0.2, -0.15) is 0 Å². The molecule has 0 radical (unpaired) electrons. The van der Waals surface area contributed by atoms with Gasteiger partial charge in [-0.15, -0.1) is 5.11 Å². The lowest BCUT2D eigenvalue weighted by molar-refractivity contribution is -0.728. The molecule has 0 saturated carbocycles. The van der Waals surface area contributed by atoms with Gasteiger partial charge in [0.05, 0.1) is 0 Å². The van der Waals surface area contributed by atoms with Crippen LogP contribution in [0, 0.1) is 0 Å². The molecule has 0 fully saturated rings. The molecule has 0 aliphatic carbocycles. The van der Waals surface area contributed by atoms with E-state index in [2.05, 4.69) is 20.9 Å². The van der Waals surface area contributed by atoms with E-state index in [1.807, 2.05) is 0 Å². The van der Waals surface area contributed by atoms with Crippen molar-refractivity contribution in [3.05, 3.63) is 0 Å². The highest BCUT2D eigenvalue weighted by molar-refractivity contribution is 4.45. The van der Waals surface area contributed by atoms with Gasteiger partial charge in [-0.3, -0.25) is 0 Å². The molecule has 1 N–H and O–H groups in total. The molecule has 0 spiro atoms. The van der Waals surface area contributed by atoms with Crippen LogP contribution < -0.4 is 25.1 Å². The molecule has 4 heteroatoms. The first-order chi connectivity index (χ1) is 3.93. The smallest absolute Gasteiger partial charge is 0.109 e. The van der Waals surface area contributed by atoms with Crippen LogP contribution in [0.25, 0.3) is 0 Å². The molecule has 0 saturated heterocycles. The number of nitrogens with one attached hydrogen (secondary N) is 1. The van der Waals surface area contributed by atoms with E-state index >= 15 is 0 Å². The first kappa shape index (κ1) is 6.25. The van der Waals surface area contributed by atoms with Crippen molar-refractivity contribution in [2.24, 2.45) is 10.3 Å². The maximum atomic E-state index is 3.99. The van der Waals surface area contributed by atoms with E-state index in [1.165, 1.54) is 12.8 Å². The van der Waals surface area contributed by atoms with Crippen molar-refractivity contribution in [1.29, 1.82) is 0 Å². The van der Waals surface area contributed by atoms with Crippen LogP contribution in [0.2, 0.25) is 0 Å². The second-order valence-corrected chi connectivity index (χ2v) is 4.18. The van der Waals surface area contributed by atoms with Gasteiger partial charge in [0, 0.05) is 6.42 Å². The van der Waals surface area contributed by atoms with Crippen molar-refractivity contribution in [1.82, 2.24) is 3.64 Å². The normalized spacial score (nSPS) is 25.9. The zero-order chi connectivity index (χ0) is 5.82. The lowest BCUT2D eigenvalue weighted by Gasteiger charge is -1.84. The quantitative estimate of drug-likeness (QED) is 0.253. The fourth-order valence-corrected chi connectivity index (χ4v) is 2.29. The predicted molar refractivity (Wildman–Crippen MR) is 26.7 cm³/mol. The summed E-state index contributed by atoms with van der Waals surface area (Å²) in [7, 11) is 0. The van der Waals surface area contributed by atoms with E-state index in [1.54, 1.807) is 0 Å². The highest BCUT2D eigenvalue weighted by Crippen LogP contribution is 1.91. The number of halogens is 1. The van der Waals surface area contributed by atoms with Crippen LogP contribution in [-0.4, -0.2) is 4.05 Å². The summed E-state index contributed by atoms with van der Waals surface area (Å²) in [6.07, 6.45) is 2.44. The standard InChI is InChI=1S/C4H9IN3/c1-2-3-4-5-7-8-6-4/h4H,2-3H2,1H3,(H,6,7)/q+1. The molecule has 0 bridgehead atoms. The summed E-state index contributed by atoms with van der Waals surface area (Å²) in [6.45, 7) is 2.18. The summed E-state index contributed by atoms with van der Waals surface area (Å²) in [5, 5.41) is 7.70. The zero-order valence-electron chi connectivity index (χ0n) is 4.76. The third-order valence-electron chi connectivity index (χ3n) is 0.922. The largest absolute Gasteiger partial charge is 0.468 e. The monoisotopic (exact) mass is 226 g/mol. The molecular weight excluding hydrogens is 217 g/mol. The van der Waals surface area contributed by atoms with Crippen LogP contribution in [0.15, 0.2) is 10.3 Å². The maximum Gasteiger partial charge on any atom is 0.468 e. The van der Waals surface area contributed by atoms with Gasteiger partial charge >= 0.3 is 21.5 Å². The minimum absolute atomic E-state index is 0.0866. The Kier molecular flexibility index (Phi) is 2.51. The number of hydrogen-bond acceptors (Lipinski definition) is 3. The Morgan fingerprint density at radius 2 is 2.62 bits per heavy atom. The summed E-state index contributed by atoms with van der Waals surface area (Å²) in [5.74, 6) is 0. The Labute approximate surface area is 59.5 Å². The van der Waals surface area contributed by atoms with Gasteiger partial charge in [-0.1, -0.05) is 10.6 Å². The molecule has 8 heavy (non-hydrogen) atoms. The molecule has 46 valence electrons. The molecule has 0 aromatic heterocycles. The van der Waals surface area contributed by atoms with Crippen molar-refractivity contribution in [2.75, 3.05) is 0 Å². The zero-order valence-corrected chi connectivity index (χ0v) is 6.92. The summed E-state index contributed by atoms with van der Waals surface area (Å²) >= 11 is 0.0866. The first-order valence-electron chi connectivity index (χ1n) is 2.70. The maximum absolute atomic E-state index is 3.99. The molecule has 0 aromatic rings. The van der Waals surface area contributed by atoms with Crippen LogP contribution in [0.5, 0.6) is 0 Å². The number of hydrogen-bond donors (Lipinski definition) is 1. The minimum Gasteiger partial charge on any atom is -0.109 e. The molecule has 1 rings (SSSR count). The van der Waals surface area contributed by atoms with Gasteiger partial charge in [0.25, 0.3) is 4.05 Å². The Balaban J connectivity index is 2.16. The van der Waals surface area contributed by atoms with Crippen molar-refractivity contribution >= 4 is 0 Å². The Morgan fingerprint density at radius 3 is 3.12 bits per heavy atom. The van der Waals surface area contributed by atoms with E-state index in [0.717, 1.165) is 0 Å². The highest BCUT2D eigenvalue weighted by Gasteiger charge is 2.27. The fraction of sp³-hybridized carbons (Fsp3) is 1.00. The average molecular weight is 226 g/mol. The summed E-state index contributed by atoms with van der Waals surface area (Å²) < 4.78 is 3.49. The predicted octanol–water partition coefficient (Wildman–Crippen LogP) is -1.91. The highest BCUT2D eigenvalue weighted by atomic mass is 127. The van der Waals surface area contributed by atoms with Crippen molar-refractivity contribution in [3.8, 4) is 0 Å². The van der Waals surface area contributed by atoms with E-state index in [9.17, 15) is 0 Å². The average Bonchev–Trinajstić information content (AvgIpc) is 2.19. The van der Waals surface area contributed by atoms with Gasteiger partial charge in [0.1, 0.15) is 0 Å². The second-order valence-electron chi connectivity index (χ2n) is 1.63. The van der Waals surface area contributed by atoms with Gasteiger partial charge in [-0.05, 0) is 11.6 Å². The lowest BCUT2D eigenvalue weighted by atomic mass is 10.3. The molecule has 1 aliphatic rings. The van der Waals surface area contributed by atoms with Gasteiger partial charge in [0.15, 0.2) is 0 Å². The Hall–Kier alpha value is 0.130. The van der Waals surface area contributed by atoms with Crippen LogP contribution in [0.3, 0.4) is 0 Å². The minimum atomic E-state index is 0.0866. The molecule has 3 nitrogen and oxygen atoms in total. The Bertz CT molecular complexity index is 93.3. The Morgan fingerprint density at radius 1 is 1.75 bits per heavy atom. The first-order valence-corrected chi connectivity index (χ1v) is 5.03. The third-order valence-corrected chi connectivity index (χ3v) is 3.01. The van der Waals surface area contributed by atoms with Crippen LogP contribution in [-0.2, 0) is 0 Å². The number of rotatable bonds is 2. The molecule has 0 aromatic carbocycles. The number of nitrogens with zero attached hydrogens (tertiary/aromatic N) is 2. The van der Waals surface area contributed by atoms with Crippen molar-refractivity contribution in [2.45, 2.75) is 23.8 Å². The molecular formula is C4H9IN3+. The molecule has 1 heterocycles. The summed E-state index contributed by atoms with van der Waals surface area (Å²) in [4.78, 5) is 0. The topological polar surface area (TPSA) is 36.8 Å². The van der Waals surface area contributed by atoms with E-state index < -0.39 is 0 Å². The summed E-state index contributed by atoms with van der Waals surface area (Å²) in [5.41, 5.74) is 0. The van der Waals surface area contributed by atoms with Crippen LogP contribution in [0.1, 0.15) is 19.8 Å². The molecule has 1 aliphatic heterocycles. The molecule has 1 unspecified atom stereocenters. The van der Waals surface area contributed by atoms with Crippen LogP contribution in [0.4, 0.5) is 0 Å². The SMILES string of the molecule is CCCC1N=NN[I+]1. The van der Waals surface area contributed by atoms with Crippen LogP contribution >= 0.6 is 0 Å². The van der Waals surface area contributed by atoms with Gasteiger partial charge < -0.3 is 0 Å². The van der Waals surface area contributed by atoms with Crippen molar-refractivity contribution < 1.29 is 21.5 Å². The second kappa shape index (κ2) is 3.21. The van der Waals surface area contributed by atoms with Crippen molar-refractivity contribution in [3.63, 3.8) is 0 Å². The van der Waals surface area contributed by atoms with E-state index in [4.69, 9.17) is 0 Å². The fourth-order valence-electron chi connectivity index (χ4n) is 0.535. The van der Waals surface area contributed by atoms with E-state index in [-0.39, 0.29) is 21.5 Å². The van der Waals surface area contributed by atoms with E-state index in [0.29, 0.717) is 4.05 Å². The van der Waals surface area contributed by atoms with Gasteiger partial charge in [0.2, 0.25) is 0 Å². The molecule has 0 amide bonds. The molecule has 1 atom stereocenters. The summed E-state index contributed by atoms with van der Waals surface area (Å²) in [6, 6.07) is 0. The number of alkyl halides is 1. The van der Waals surface area contributed by atoms with Gasteiger partial charge in [-0.25, -0.2) is 0 Å².